The van der Waals surface area contributed by atoms with Crippen LogP contribution in [0.4, 0.5) is 0 Å². The van der Waals surface area contributed by atoms with Gasteiger partial charge in [0.25, 0.3) is 0 Å². The first-order valence-electron chi connectivity index (χ1n) is 7.73. The monoisotopic (exact) mass is 323 g/mol. The van der Waals surface area contributed by atoms with Crippen molar-refractivity contribution in [3.8, 4) is 0 Å². The molecular formula is C17H22ClNO3. The van der Waals surface area contributed by atoms with E-state index in [9.17, 15) is 9.59 Å². The Morgan fingerprint density at radius 3 is 2.59 bits per heavy atom. The molecule has 22 heavy (non-hydrogen) atoms. The van der Waals surface area contributed by atoms with E-state index in [1.165, 1.54) is 13.5 Å². The summed E-state index contributed by atoms with van der Waals surface area (Å²) in [5.41, 5.74) is 0.749. The normalized spacial score (nSPS) is 16.8. The smallest absolute Gasteiger partial charge is 0.307 e. The highest BCUT2D eigenvalue weighted by molar-refractivity contribution is 6.31. The van der Waals surface area contributed by atoms with Crippen molar-refractivity contribution in [1.29, 1.82) is 0 Å². The van der Waals surface area contributed by atoms with E-state index in [-0.39, 0.29) is 24.2 Å². The predicted molar refractivity (Wildman–Crippen MR) is 85.5 cm³/mol. The molecule has 0 saturated heterocycles. The number of methoxy groups -OCH3 is 1. The zero-order valence-electron chi connectivity index (χ0n) is 12.8. The number of rotatable bonds is 5. The molecular weight excluding hydrogens is 302 g/mol. The zero-order chi connectivity index (χ0) is 15.9. The molecule has 0 heterocycles. The number of halogens is 1. The maximum absolute atomic E-state index is 12.5. The van der Waals surface area contributed by atoms with Gasteiger partial charge >= 0.3 is 5.97 Å². The maximum atomic E-state index is 12.5. The van der Waals surface area contributed by atoms with Crippen LogP contribution in [0, 0.1) is 5.92 Å². The van der Waals surface area contributed by atoms with Gasteiger partial charge in [-0.15, -0.1) is 0 Å². The van der Waals surface area contributed by atoms with E-state index in [2.05, 4.69) is 5.32 Å². The van der Waals surface area contributed by atoms with Crippen molar-refractivity contribution in [1.82, 2.24) is 5.32 Å². The van der Waals surface area contributed by atoms with Crippen molar-refractivity contribution in [2.24, 2.45) is 5.92 Å². The van der Waals surface area contributed by atoms with Crippen LogP contribution < -0.4 is 5.32 Å². The van der Waals surface area contributed by atoms with Crippen LogP contribution in [0.1, 0.15) is 50.1 Å². The molecule has 0 spiro atoms. The lowest BCUT2D eigenvalue weighted by atomic mass is 9.88. The van der Waals surface area contributed by atoms with Gasteiger partial charge < -0.3 is 10.1 Å². The topological polar surface area (TPSA) is 55.4 Å². The van der Waals surface area contributed by atoms with Crippen molar-refractivity contribution >= 4 is 23.5 Å². The summed E-state index contributed by atoms with van der Waals surface area (Å²) in [6.45, 7) is 0. The molecule has 0 aromatic heterocycles. The van der Waals surface area contributed by atoms with Crippen molar-refractivity contribution in [2.45, 2.75) is 44.6 Å². The molecule has 1 aromatic rings. The molecule has 0 bridgehead atoms. The largest absolute Gasteiger partial charge is 0.469 e. The standard InChI is InChI=1S/C17H22ClNO3/c1-22-16(20)11-15(13-9-5-6-10-14(13)18)19-17(21)12-7-3-2-4-8-12/h5-6,9-10,12,15H,2-4,7-8,11H2,1H3,(H,19,21). The van der Waals surface area contributed by atoms with Crippen molar-refractivity contribution in [3.05, 3.63) is 34.9 Å². The fourth-order valence-electron chi connectivity index (χ4n) is 2.90. The average molecular weight is 324 g/mol. The third-order valence-electron chi connectivity index (χ3n) is 4.17. The SMILES string of the molecule is COC(=O)CC(NC(=O)C1CCCCC1)c1ccccc1Cl. The van der Waals surface area contributed by atoms with Crippen LogP contribution in [0.25, 0.3) is 0 Å². The van der Waals surface area contributed by atoms with Crippen LogP contribution in [0.15, 0.2) is 24.3 Å². The third-order valence-corrected chi connectivity index (χ3v) is 4.52. The minimum absolute atomic E-state index is 0.00789. The molecule has 1 aromatic carbocycles. The van der Waals surface area contributed by atoms with E-state index in [4.69, 9.17) is 16.3 Å². The van der Waals surface area contributed by atoms with Crippen molar-refractivity contribution < 1.29 is 14.3 Å². The number of nitrogens with one attached hydrogen (secondary N) is 1. The summed E-state index contributed by atoms with van der Waals surface area (Å²) in [4.78, 5) is 24.1. The van der Waals surface area contributed by atoms with Gasteiger partial charge in [-0.25, -0.2) is 0 Å². The highest BCUT2D eigenvalue weighted by atomic mass is 35.5. The Labute approximate surface area is 136 Å². The second kappa shape index (κ2) is 8.18. The molecule has 1 saturated carbocycles. The molecule has 0 radical (unpaired) electrons. The Morgan fingerprint density at radius 1 is 1.27 bits per heavy atom. The molecule has 2 rings (SSSR count). The molecule has 1 N–H and O–H groups in total. The summed E-state index contributed by atoms with van der Waals surface area (Å²) in [5, 5.41) is 3.53. The Kier molecular flexibility index (Phi) is 6.25. The number of amides is 1. The molecule has 4 nitrogen and oxygen atoms in total. The van der Waals surface area contributed by atoms with E-state index in [1.54, 1.807) is 6.07 Å². The number of ether oxygens (including phenoxy) is 1. The lowest BCUT2D eigenvalue weighted by Gasteiger charge is -2.25. The number of carbonyl (C=O) groups is 2. The lowest BCUT2D eigenvalue weighted by molar-refractivity contribution is -0.141. The van der Waals surface area contributed by atoms with Crippen molar-refractivity contribution in [2.75, 3.05) is 7.11 Å². The number of esters is 1. The van der Waals surface area contributed by atoms with E-state index in [0.717, 1.165) is 31.2 Å². The minimum atomic E-state index is -0.449. The first kappa shape index (κ1) is 16.8. The van der Waals surface area contributed by atoms with Gasteiger partial charge in [0.2, 0.25) is 5.91 Å². The number of benzene rings is 1. The van der Waals surface area contributed by atoms with Crippen LogP contribution in [0.2, 0.25) is 5.02 Å². The molecule has 1 fully saturated rings. The second-order valence-corrected chi connectivity index (χ2v) is 6.11. The molecule has 1 amide bonds. The molecule has 1 aliphatic rings. The number of hydrogen-bond donors (Lipinski definition) is 1. The summed E-state index contributed by atoms with van der Waals surface area (Å²) >= 11 is 6.21. The first-order valence-corrected chi connectivity index (χ1v) is 8.11. The highest BCUT2D eigenvalue weighted by Crippen LogP contribution is 2.28. The van der Waals surface area contributed by atoms with Gasteiger partial charge in [-0.1, -0.05) is 49.1 Å². The fourth-order valence-corrected chi connectivity index (χ4v) is 3.17. The van der Waals surface area contributed by atoms with Crippen molar-refractivity contribution in [3.63, 3.8) is 0 Å². The Hall–Kier alpha value is -1.55. The quantitative estimate of drug-likeness (QED) is 0.842. The number of hydrogen-bond acceptors (Lipinski definition) is 3. The summed E-state index contributed by atoms with van der Waals surface area (Å²) in [6, 6.07) is 6.81. The van der Waals surface area contributed by atoms with E-state index in [0.29, 0.717) is 5.02 Å². The lowest BCUT2D eigenvalue weighted by Crippen LogP contribution is -2.36. The third kappa shape index (κ3) is 4.47. The molecule has 0 aliphatic heterocycles. The Morgan fingerprint density at radius 2 is 1.95 bits per heavy atom. The molecule has 1 unspecified atom stereocenters. The average Bonchev–Trinajstić information content (AvgIpc) is 2.55. The van der Waals surface area contributed by atoms with E-state index in [1.807, 2.05) is 18.2 Å². The zero-order valence-corrected chi connectivity index (χ0v) is 13.6. The van der Waals surface area contributed by atoms with E-state index >= 15 is 0 Å². The van der Waals surface area contributed by atoms with Gasteiger partial charge in [0.1, 0.15) is 0 Å². The predicted octanol–water partition coefficient (Wildman–Crippen LogP) is 3.64. The summed E-state index contributed by atoms with van der Waals surface area (Å²) in [7, 11) is 1.34. The Bertz CT molecular complexity index is 526. The van der Waals surface area contributed by atoms with Gasteiger partial charge in [0.05, 0.1) is 19.6 Å². The molecule has 1 atom stereocenters. The van der Waals surface area contributed by atoms with Gasteiger partial charge in [-0.3, -0.25) is 9.59 Å². The van der Waals surface area contributed by atoms with Gasteiger partial charge in [-0.2, -0.15) is 0 Å². The molecule has 5 heteroatoms. The van der Waals surface area contributed by atoms with Gasteiger partial charge in [-0.05, 0) is 24.5 Å². The van der Waals surface area contributed by atoms with Crippen LogP contribution in [0.5, 0.6) is 0 Å². The summed E-state index contributed by atoms with van der Waals surface area (Å²) < 4.78 is 4.74. The highest BCUT2D eigenvalue weighted by Gasteiger charge is 2.26. The van der Waals surface area contributed by atoms with Gasteiger partial charge in [0, 0.05) is 10.9 Å². The Balaban J connectivity index is 2.12. The minimum Gasteiger partial charge on any atom is -0.469 e. The number of carbonyl (C=O) groups excluding carboxylic acids is 2. The summed E-state index contributed by atoms with van der Waals surface area (Å²) in [5.74, 6) is -0.321. The first-order chi connectivity index (χ1) is 10.6. The molecule has 1 aliphatic carbocycles. The van der Waals surface area contributed by atoms with Crippen LogP contribution >= 0.6 is 11.6 Å². The second-order valence-electron chi connectivity index (χ2n) is 5.70. The van der Waals surface area contributed by atoms with Crippen LogP contribution in [0.3, 0.4) is 0 Å². The molecule has 120 valence electrons. The fraction of sp³-hybridized carbons (Fsp3) is 0.529. The van der Waals surface area contributed by atoms with E-state index < -0.39 is 6.04 Å². The maximum Gasteiger partial charge on any atom is 0.307 e. The van der Waals surface area contributed by atoms with Crippen LogP contribution in [-0.4, -0.2) is 19.0 Å². The van der Waals surface area contributed by atoms with Crippen LogP contribution in [-0.2, 0) is 14.3 Å². The summed E-state index contributed by atoms with van der Waals surface area (Å²) in [6.07, 6.45) is 5.29. The van der Waals surface area contributed by atoms with Gasteiger partial charge in [0.15, 0.2) is 0 Å².